The molecule has 1 N–H and O–H groups in total. The van der Waals surface area contributed by atoms with Crippen LogP contribution in [-0.2, 0) is 0 Å². The van der Waals surface area contributed by atoms with Gasteiger partial charge in [0.15, 0.2) is 0 Å². The minimum atomic E-state index is -0.112. The Morgan fingerprint density at radius 2 is 2.23 bits per heavy atom. The summed E-state index contributed by atoms with van der Waals surface area (Å²) in [6, 6.07) is 3.79. The summed E-state index contributed by atoms with van der Waals surface area (Å²) < 4.78 is 0. The molecule has 70 valence electrons. The summed E-state index contributed by atoms with van der Waals surface area (Å²) in [7, 11) is 0. The van der Waals surface area contributed by atoms with Crippen LogP contribution in [-0.4, -0.2) is 16.9 Å². The third kappa shape index (κ3) is 2.86. The van der Waals surface area contributed by atoms with E-state index in [0.29, 0.717) is 5.69 Å². The normalized spacial score (nSPS) is 10.2. The van der Waals surface area contributed by atoms with Crippen LogP contribution in [0.4, 0.5) is 0 Å². The second-order valence-electron chi connectivity index (χ2n) is 3.35. The summed E-state index contributed by atoms with van der Waals surface area (Å²) in [6.07, 6.45) is 1.64. The first-order valence-electron chi connectivity index (χ1n) is 4.33. The first-order valence-corrected chi connectivity index (χ1v) is 4.33. The fourth-order valence-electron chi connectivity index (χ4n) is 0.996. The molecule has 0 saturated carbocycles. The largest absolute Gasteiger partial charge is 0.349 e. The van der Waals surface area contributed by atoms with E-state index in [1.807, 2.05) is 26.8 Å². The van der Waals surface area contributed by atoms with E-state index >= 15 is 0 Å². The van der Waals surface area contributed by atoms with Gasteiger partial charge in [-0.1, -0.05) is 0 Å². The molecule has 3 heteroatoms. The highest BCUT2D eigenvalue weighted by atomic mass is 16.1. The van der Waals surface area contributed by atoms with Crippen molar-refractivity contribution in [3.05, 3.63) is 29.6 Å². The number of pyridine rings is 1. The first-order chi connectivity index (χ1) is 6.09. The van der Waals surface area contributed by atoms with Crippen LogP contribution in [0, 0.1) is 6.92 Å². The lowest BCUT2D eigenvalue weighted by Gasteiger charge is -2.07. The molecular weight excluding hydrogens is 164 g/mol. The Kier molecular flexibility index (Phi) is 3.01. The molecule has 0 aliphatic carbocycles. The van der Waals surface area contributed by atoms with Crippen LogP contribution in [0.5, 0.6) is 0 Å². The predicted molar refractivity (Wildman–Crippen MR) is 51.6 cm³/mol. The zero-order valence-corrected chi connectivity index (χ0v) is 8.16. The second kappa shape index (κ2) is 4.03. The smallest absolute Gasteiger partial charge is 0.270 e. The van der Waals surface area contributed by atoms with Gasteiger partial charge < -0.3 is 5.32 Å². The maximum absolute atomic E-state index is 11.4. The number of rotatable bonds is 2. The first kappa shape index (κ1) is 9.71. The minimum absolute atomic E-state index is 0.112. The Balaban J connectivity index is 2.77. The monoisotopic (exact) mass is 178 g/mol. The second-order valence-corrected chi connectivity index (χ2v) is 3.35. The topological polar surface area (TPSA) is 42.0 Å². The number of aromatic nitrogens is 1. The molecule has 1 aromatic rings. The molecule has 0 radical (unpaired) electrons. The fraction of sp³-hybridized carbons (Fsp3) is 0.400. The summed E-state index contributed by atoms with van der Waals surface area (Å²) in [5.41, 5.74) is 1.53. The molecule has 0 bridgehead atoms. The molecule has 0 unspecified atom stereocenters. The van der Waals surface area contributed by atoms with Gasteiger partial charge in [0.05, 0.1) is 0 Å². The van der Waals surface area contributed by atoms with E-state index in [2.05, 4.69) is 10.3 Å². The van der Waals surface area contributed by atoms with E-state index in [1.54, 1.807) is 12.3 Å². The number of hydrogen-bond donors (Lipinski definition) is 1. The Hall–Kier alpha value is -1.38. The van der Waals surface area contributed by atoms with Gasteiger partial charge >= 0.3 is 0 Å². The highest BCUT2D eigenvalue weighted by Crippen LogP contribution is 1.99. The zero-order valence-electron chi connectivity index (χ0n) is 8.16. The van der Waals surface area contributed by atoms with Crippen LogP contribution < -0.4 is 5.32 Å². The van der Waals surface area contributed by atoms with Gasteiger partial charge in [0.2, 0.25) is 0 Å². The van der Waals surface area contributed by atoms with Gasteiger partial charge in [-0.2, -0.15) is 0 Å². The van der Waals surface area contributed by atoms with E-state index in [0.717, 1.165) is 5.56 Å². The van der Waals surface area contributed by atoms with Crippen LogP contribution >= 0.6 is 0 Å². The van der Waals surface area contributed by atoms with Crippen molar-refractivity contribution in [1.82, 2.24) is 10.3 Å². The van der Waals surface area contributed by atoms with Crippen molar-refractivity contribution >= 4 is 5.91 Å². The Bertz CT molecular complexity index is 308. The minimum Gasteiger partial charge on any atom is -0.349 e. The van der Waals surface area contributed by atoms with E-state index in [4.69, 9.17) is 0 Å². The molecule has 1 amide bonds. The van der Waals surface area contributed by atoms with Gasteiger partial charge in [-0.05, 0) is 38.5 Å². The van der Waals surface area contributed by atoms with Gasteiger partial charge in [-0.15, -0.1) is 0 Å². The predicted octanol–water partition coefficient (Wildman–Crippen LogP) is 1.53. The number of aryl methyl sites for hydroxylation is 1. The number of carbonyl (C=O) groups excluding carboxylic acids is 1. The molecule has 0 aromatic carbocycles. The molecule has 0 atom stereocenters. The molecule has 1 rings (SSSR count). The van der Waals surface area contributed by atoms with Crippen molar-refractivity contribution in [2.75, 3.05) is 0 Å². The summed E-state index contributed by atoms with van der Waals surface area (Å²) >= 11 is 0. The number of amides is 1. The van der Waals surface area contributed by atoms with Crippen molar-refractivity contribution in [3.63, 3.8) is 0 Å². The van der Waals surface area contributed by atoms with E-state index in [1.165, 1.54) is 0 Å². The van der Waals surface area contributed by atoms with Crippen molar-refractivity contribution in [2.45, 2.75) is 26.8 Å². The van der Waals surface area contributed by atoms with Crippen molar-refractivity contribution in [2.24, 2.45) is 0 Å². The number of nitrogens with one attached hydrogen (secondary N) is 1. The molecule has 0 aliphatic rings. The average Bonchev–Trinajstić information content (AvgIpc) is 2.03. The van der Waals surface area contributed by atoms with Crippen molar-refractivity contribution in [1.29, 1.82) is 0 Å². The number of hydrogen-bond acceptors (Lipinski definition) is 2. The van der Waals surface area contributed by atoms with E-state index < -0.39 is 0 Å². The molecule has 1 aromatic heterocycles. The maximum Gasteiger partial charge on any atom is 0.270 e. The molecule has 0 fully saturated rings. The van der Waals surface area contributed by atoms with Crippen LogP contribution in [0.3, 0.4) is 0 Å². The van der Waals surface area contributed by atoms with E-state index in [-0.39, 0.29) is 11.9 Å². The van der Waals surface area contributed by atoms with Gasteiger partial charge in [-0.25, -0.2) is 0 Å². The average molecular weight is 178 g/mol. The molecule has 1 heterocycles. The van der Waals surface area contributed by atoms with Crippen molar-refractivity contribution < 1.29 is 4.79 Å². The molecule has 0 spiro atoms. The lowest BCUT2D eigenvalue weighted by atomic mass is 10.2. The van der Waals surface area contributed by atoms with Gasteiger partial charge in [0, 0.05) is 12.2 Å². The Morgan fingerprint density at radius 3 is 2.77 bits per heavy atom. The Morgan fingerprint density at radius 1 is 1.54 bits per heavy atom. The van der Waals surface area contributed by atoms with Crippen molar-refractivity contribution in [3.8, 4) is 0 Å². The highest BCUT2D eigenvalue weighted by molar-refractivity contribution is 5.92. The summed E-state index contributed by atoms with van der Waals surface area (Å²) in [5.74, 6) is -0.112. The molecule has 13 heavy (non-hydrogen) atoms. The molecule has 3 nitrogen and oxygen atoms in total. The van der Waals surface area contributed by atoms with Gasteiger partial charge in [0.1, 0.15) is 5.69 Å². The fourth-order valence-corrected chi connectivity index (χ4v) is 0.996. The molecule has 0 saturated heterocycles. The molecular formula is C10H14N2O. The molecule has 0 aliphatic heterocycles. The van der Waals surface area contributed by atoms with Crippen LogP contribution in [0.1, 0.15) is 29.9 Å². The zero-order chi connectivity index (χ0) is 9.84. The lowest BCUT2D eigenvalue weighted by Crippen LogP contribution is -2.30. The SMILES string of the molecule is Cc1ccnc(C(=O)NC(C)C)c1. The standard InChI is InChI=1S/C10H14N2O/c1-7(2)12-10(13)9-6-8(3)4-5-11-9/h4-7H,1-3H3,(H,12,13). The maximum atomic E-state index is 11.4. The summed E-state index contributed by atoms with van der Waals surface area (Å²) in [5, 5.41) is 2.78. The number of carbonyl (C=O) groups is 1. The third-order valence-corrected chi connectivity index (χ3v) is 1.57. The third-order valence-electron chi connectivity index (χ3n) is 1.57. The summed E-state index contributed by atoms with van der Waals surface area (Å²) in [4.78, 5) is 15.4. The van der Waals surface area contributed by atoms with Gasteiger partial charge in [-0.3, -0.25) is 9.78 Å². The Labute approximate surface area is 78.2 Å². The van der Waals surface area contributed by atoms with Crippen LogP contribution in [0.2, 0.25) is 0 Å². The quantitative estimate of drug-likeness (QED) is 0.746. The van der Waals surface area contributed by atoms with E-state index in [9.17, 15) is 4.79 Å². The van der Waals surface area contributed by atoms with Crippen LogP contribution in [0.25, 0.3) is 0 Å². The lowest BCUT2D eigenvalue weighted by molar-refractivity contribution is 0.0938. The van der Waals surface area contributed by atoms with Crippen LogP contribution in [0.15, 0.2) is 18.3 Å². The summed E-state index contributed by atoms with van der Waals surface area (Å²) in [6.45, 7) is 5.79. The number of nitrogens with zero attached hydrogens (tertiary/aromatic N) is 1. The highest BCUT2D eigenvalue weighted by Gasteiger charge is 2.07. The van der Waals surface area contributed by atoms with Gasteiger partial charge in [0.25, 0.3) is 5.91 Å².